The van der Waals surface area contributed by atoms with Gasteiger partial charge in [-0.1, -0.05) is 56.6 Å². The van der Waals surface area contributed by atoms with Gasteiger partial charge < -0.3 is 14.1 Å². The second-order valence-corrected chi connectivity index (χ2v) is 16.3. The Morgan fingerprint density at radius 3 is 2.59 bits per heavy atom. The summed E-state index contributed by atoms with van der Waals surface area (Å²) < 4.78 is 12.3. The molecule has 0 spiro atoms. The molecule has 0 fully saturated rings. The van der Waals surface area contributed by atoms with E-state index in [0.717, 1.165) is 28.2 Å². The van der Waals surface area contributed by atoms with Gasteiger partial charge in [0.2, 0.25) is 0 Å². The number of fused-ring (bicyclic) bond motifs is 3. The van der Waals surface area contributed by atoms with Gasteiger partial charge in [-0.25, -0.2) is 0 Å². The summed E-state index contributed by atoms with van der Waals surface area (Å²) in [6, 6.07) is 17.6. The number of hydrogen-bond donors (Lipinski definition) is 0. The smallest absolute Gasteiger partial charge is 0.268 e. The summed E-state index contributed by atoms with van der Waals surface area (Å²) in [5.74, 6) is 0.816. The number of halogens is 1. The normalized spacial score (nSPS) is 13.5. The lowest BCUT2D eigenvalue weighted by atomic mass is 10.1. The first-order chi connectivity index (χ1) is 16.1. The number of nitrogens with zero attached hydrogens (tertiary/aromatic N) is 1. The van der Waals surface area contributed by atoms with Gasteiger partial charge in [-0.05, 0) is 54.0 Å². The molecule has 2 heterocycles. The van der Waals surface area contributed by atoms with Gasteiger partial charge in [0, 0.05) is 23.4 Å². The number of hydrogen-bond acceptors (Lipinski definition) is 4. The first-order valence-corrected chi connectivity index (χ1v) is 15.7. The van der Waals surface area contributed by atoms with Gasteiger partial charge in [-0.2, -0.15) is 0 Å². The van der Waals surface area contributed by atoms with E-state index in [2.05, 4.69) is 39.9 Å². The first kappa shape index (κ1) is 25.0. The predicted octanol–water partition coefficient (Wildman–Crippen LogP) is 7.67. The standard InChI is InChI=1S/C27H32ClNO3SSi/c1-27(2,3)34(4,5)32-17-15-29(22-12-8-7-11-21(22)28)26(30)24-18-19-14-16-31-23-13-9-6-10-20(23)25(19)33-24/h6-13,18H,14-17H2,1-5H3. The van der Waals surface area contributed by atoms with Crippen LogP contribution in [0.1, 0.15) is 36.0 Å². The minimum atomic E-state index is -1.94. The van der Waals surface area contributed by atoms with Crippen molar-refractivity contribution < 1.29 is 14.0 Å². The highest BCUT2D eigenvalue weighted by Gasteiger charge is 2.37. The third-order valence-corrected chi connectivity index (χ3v) is 12.8. The number of para-hydroxylation sites is 2. The molecular weight excluding hydrogens is 482 g/mol. The average molecular weight is 514 g/mol. The topological polar surface area (TPSA) is 38.8 Å². The van der Waals surface area contributed by atoms with E-state index in [9.17, 15) is 4.79 Å². The highest BCUT2D eigenvalue weighted by atomic mass is 35.5. The number of anilines is 1. The lowest BCUT2D eigenvalue weighted by Crippen LogP contribution is -2.43. The zero-order valence-electron chi connectivity index (χ0n) is 20.5. The van der Waals surface area contributed by atoms with Gasteiger partial charge in [-0.3, -0.25) is 4.79 Å². The summed E-state index contributed by atoms with van der Waals surface area (Å²) in [6.07, 6.45) is 0.772. The van der Waals surface area contributed by atoms with Crippen LogP contribution in [0.4, 0.5) is 5.69 Å². The van der Waals surface area contributed by atoms with Crippen molar-refractivity contribution in [2.24, 2.45) is 0 Å². The Hall–Kier alpha value is -2.12. The van der Waals surface area contributed by atoms with E-state index in [1.807, 2.05) is 48.5 Å². The summed E-state index contributed by atoms with van der Waals surface area (Å²) in [5, 5.41) is 0.660. The molecule has 0 radical (unpaired) electrons. The zero-order chi connectivity index (χ0) is 24.5. The second-order valence-electron chi connectivity index (χ2n) is 10.1. The molecule has 3 aromatic rings. The molecule has 0 bridgehead atoms. The average Bonchev–Trinajstić information content (AvgIpc) is 3.13. The van der Waals surface area contributed by atoms with E-state index in [4.69, 9.17) is 20.8 Å². The van der Waals surface area contributed by atoms with E-state index in [1.165, 1.54) is 11.3 Å². The van der Waals surface area contributed by atoms with Crippen molar-refractivity contribution in [1.82, 2.24) is 0 Å². The molecule has 180 valence electrons. The SMILES string of the molecule is CC(C)(C)[Si](C)(C)OCCN(C(=O)c1cc2c(s1)-c1ccccc1OCC2)c1ccccc1Cl. The number of rotatable bonds is 6. The van der Waals surface area contributed by atoms with Crippen LogP contribution in [0, 0.1) is 0 Å². The highest BCUT2D eigenvalue weighted by Crippen LogP contribution is 2.41. The molecule has 1 amide bonds. The second kappa shape index (κ2) is 9.86. The third-order valence-electron chi connectivity index (χ3n) is 6.75. The number of benzene rings is 2. The predicted molar refractivity (Wildman–Crippen MR) is 145 cm³/mol. The molecule has 4 rings (SSSR count). The highest BCUT2D eigenvalue weighted by molar-refractivity contribution is 7.17. The zero-order valence-corrected chi connectivity index (χ0v) is 23.1. The molecule has 0 saturated carbocycles. The summed E-state index contributed by atoms with van der Waals surface area (Å²) in [5.41, 5.74) is 2.90. The summed E-state index contributed by atoms with van der Waals surface area (Å²) in [4.78, 5) is 17.4. The monoisotopic (exact) mass is 513 g/mol. The van der Waals surface area contributed by atoms with Crippen molar-refractivity contribution in [2.45, 2.75) is 45.3 Å². The van der Waals surface area contributed by atoms with E-state index in [1.54, 1.807) is 4.90 Å². The molecule has 1 aliphatic rings. The minimum absolute atomic E-state index is 0.0524. The van der Waals surface area contributed by atoms with Gasteiger partial charge in [0.05, 0.1) is 28.8 Å². The van der Waals surface area contributed by atoms with Crippen LogP contribution in [0.15, 0.2) is 54.6 Å². The molecule has 4 nitrogen and oxygen atoms in total. The van der Waals surface area contributed by atoms with Gasteiger partial charge in [0.15, 0.2) is 8.32 Å². The fourth-order valence-electron chi connectivity index (χ4n) is 3.74. The van der Waals surface area contributed by atoms with Gasteiger partial charge >= 0.3 is 0 Å². The van der Waals surface area contributed by atoms with Crippen LogP contribution in [-0.2, 0) is 10.8 Å². The number of thiophene rings is 1. The van der Waals surface area contributed by atoms with Crippen LogP contribution < -0.4 is 9.64 Å². The fraction of sp³-hybridized carbons (Fsp3) is 0.370. The molecular formula is C27H32ClNO3SSi. The Labute approximate surface area is 212 Å². The first-order valence-electron chi connectivity index (χ1n) is 11.6. The Morgan fingerprint density at radius 1 is 1.15 bits per heavy atom. The van der Waals surface area contributed by atoms with Gasteiger partial charge in [0.25, 0.3) is 5.91 Å². The number of carbonyl (C=O) groups is 1. The van der Waals surface area contributed by atoms with E-state index >= 15 is 0 Å². The number of amides is 1. The van der Waals surface area contributed by atoms with E-state index in [-0.39, 0.29) is 10.9 Å². The molecule has 1 aliphatic heterocycles. The quantitative estimate of drug-likeness (QED) is 0.317. The van der Waals surface area contributed by atoms with Crippen molar-refractivity contribution in [2.75, 3.05) is 24.7 Å². The van der Waals surface area contributed by atoms with E-state index < -0.39 is 8.32 Å². The Bertz CT molecular complexity index is 1180. The number of carbonyl (C=O) groups excluding carboxylic acids is 1. The Kier molecular flexibility index (Phi) is 7.24. The summed E-state index contributed by atoms with van der Waals surface area (Å²) in [7, 11) is -1.94. The molecule has 0 unspecified atom stereocenters. The van der Waals surface area contributed by atoms with Crippen molar-refractivity contribution in [3.63, 3.8) is 0 Å². The minimum Gasteiger partial charge on any atom is -0.493 e. The lowest BCUT2D eigenvalue weighted by molar-refractivity contribution is 0.0985. The van der Waals surface area contributed by atoms with Crippen molar-refractivity contribution in [1.29, 1.82) is 0 Å². The van der Waals surface area contributed by atoms with Crippen molar-refractivity contribution >= 4 is 42.8 Å². The molecule has 0 atom stereocenters. The molecule has 0 saturated heterocycles. The Balaban J connectivity index is 1.64. The maximum Gasteiger partial charge on any atom is 0.268 e. The van der Waals surface area contributed by atoms with Gasteiger partial charge in [-0.15, -0.1) is 11.3 Å². The van der Waals surface area contributed by atoms with Crippen LogP contribution in [0.5, 0.6) is 5.75 Å². The Morgan fingerprint density at radius 2 is 1.85 bits per heavy atom. The maximum absolute atomic E-state index is 13.9. The molecule has 1 aromatic heterocycles. The van der Waals surface area contributed by atoms with Crippen molar-refractivity contribution in [3.8, 4) is 16.2 Å². The third kappa shape index (κ3) is 5.10. The summed E-state index contributed by atoms with van der Waals surface area (Å²) in [6.45, 7) is 12.6. The molecule has 0 N–H and O–H groups in total. The van der Waals surface area contributed by atoms with E-state index in [0.29, 0.717) is 35.3 Å². The number of ether oxygens (including phenoxy) is 1. The van der Waals surface area contributed by atoms with Crippen LogP contribution in [0.2, 0.25) is 23.2 Å². The largest absolute Gasteiger partial charge is 0.493 e. The molecule has 34 heavy (non-hydrogen) atoms. The van der Waals surface area contributed by atoms with Crippen LogP contribution >= 0.6 is 22.9 Å². The molecule has 7 heteroatoms. The molecule has 2 aromatic carbocycles. The van der Waals surface area contributed by atoms with Crippen LogP contribution in [-0.4, -0.2) is 34.0 Å². The maximum atomic E-state index is 13.9. The molecule has 0 aliphatic carbocycles. The lowest BCUT2D eigenvalue weighted by Gasteiger charge is -2.36. The summed E-state index contributed by atoms with van der Waals surface area (Å²) >= 11 is 8.07. The van der Waals surface area contributed by atoms with Gasteiger partial charge in [0.1, 0.15) is 5.75 Å². The fourth-order valence-corrected chi connectivity index (χ4v) is 6.20. The van der Waals surface area contributed by atoms with Crippen molar-refractivity contribution in [3.05, 3.63) is 70.1 Å². The van der Waals surface area contributed by atoms with Crippen LogP contribution in [0.25, 0.3) is 10.4 Å². The van der Waals surface area contributed by atoms with Crippen LogP contribution in [0.3, 0.4) is 0 Å².